The molecule has 0 aromatic rings. The number of carbonyl (C=O) groups excluding carboxylic acids is 3. The summed E-state index contributed by atoms with van der Waals surface area (Å²) in [6.07, 6.45) is -1.22. The molecule has 0 bridgehead atoms. The molecular formula is C16H18O6. The summed E-state index contributed by atoms with van der Waals surface area (Å²) >= 11 is 0. The monoisotopic (exact) mass is 306 g/mol. The molecule has 5 aliphatic rings. The summed E-state index contributed by atoms with van der Waals surface area (Å²) in [5.74, 6) is -0.682. The van der Waals surface area contributed by atoms with E-state index in [2.05, 4.69) is 0 Å². The zero-order chi connectivity index (χ0) is 15.9. The van der Waals surface area contributed by atoms with Crippen molar-refractivity contribution in [2.45, 2.75) is 63.4 Å². The van der Waals surface area contributed by atoms with Gasteiger partial charge in [-0.25, -0.2) is 0 Å². The molecule has 0 aromatic heterocycles. The predicted molar refractivity (Wildman–Crippen MR) is 70.6 cm³/mol. The quantitative estimate of drug-likeness (QED) is 0.506. The first-order valence-corrected chi connectivity index (χ1v) is 7.76. The number of aliphatic hydroxyl groups is 1. The van der Waals surface area contributed by atoms with Crippen LogP contribution in [0.2, 0.25) is 0 Å². The molecule has 5 fully saturated rings. The minimum absolute atomic E-state index is 0.108. The van der Waals surface area contributed by atoms with Crippen LogP contribution in [0.15, 0.2) is 0 Å². The number of ether oxygens (including phenoxy) is 2. The maximum atomic E-state index is 12.8. The highest BCUT2D eigenvalue weighted by atomic mass is 16.6. The molecule has 3 saturated carbocycles. The van der Waals surface area contributed by atoms with E-state index in [-0.39, 0.29) is 36.8 Å². The summed E-state index contributed by atoms with van der Waals surface area (Å²) in [6, 6.07) is 0. The van der Waals surface area contributed by atoms with Gasteiger partial charge < -0.3 is 14.6 Å². The Hall–Kier alpha value is -1.27. The molecule has 2 aliphatic heterocycles. The van der Waals surface area contributed by atoms with Crippen molar-refractivity contribution in [3.8, 4) is 0 Å². The van der Waals surface area contributed by atoms with Crippen LogP contribution in [0.25, 0.3) is 0 Å². The van der Waals surface area contributed by atoms with Gasteiger partial charge in [0.2, 0.25) is 0 Å². The standard InChI is InChI=1S/C16H18O6/c1-12-7(17)4-8(18)13(12,2)16-5-9(19)14(3)15(16,11(12)22-14)6-10(20)21-16/h9,11,19H,4-6H2,1-3H3/t9-,11-,12+,13+,14+,15+,16-/m0/s1. The third-order valence-electron chi connectivity index (χ3n) is 8.07. The van der Waals surface area contributed by atoms with Crippen LogP contribution in [0.5, 0.6) is 0 Å². The normalized spacial score (nSPS) is 64.3. The number of Topliss-reactive ketones (excluding diaryl/α,β-unsaturated/α-hetero) is 2. The molecular weight excluding hydrogens is 288 g/mol. The van der Waals surface area contributed by atoms with Gasteiger partial charge in [0.05, 0.1) is 41.3 Å². The van der Waals surface area contributed by atoms with Crippen LogP contribution in [-0.2, 0) is 23.9 Å². The topological polar surface area (TPSA) is 89.9 Å². The molecule has 0 unspecified atom stereocenters. The van der Waals surface area contributed by atoms with Gasteiger partial charge in [-0.2, -0.15) is 0 Å². The van der Waals surface area contributed by atoms with Gasteiger partial charge in [-0.15, -0.1) is 0 Å². The maximum Gasteiger partial charge on any atom is 0.307 e. The van der Waals surface area contributed by atoms with Gasteiger partial charge in [0.25, 0.3) is 0 Å². The molecule has 2 heterocycles. The van der Waals surface area contributed by atoms with Gasteiger partial charge in [-0.3, -0.25) is 14.4 Å². The second-order valence-electron chi connectivity index (χ2n) is 8.12. The van der Waals surface area contributed by atoms with Gasteiger partial charge >= 0.3 is 5.97 Å². The van der Waals surface area contributed by atoms with E-state index < -0.39 is 39.7 Å². The van der Waals surface area contributed by atoms with E-state index in [1.807, 2.05) is 0 Å². The number of rotatable bonds is 0. The largest absolute Gasteiger partial charge is 0.457 e. The van der Waals surface area contributed by atoms with E-state index in [9.17, 15) is 19.5 Å². The fourth-order valence-corrected chi connectivity index (χ4v) is 6.78. The van der Waals surface area contributed by atoms with E-state index >= 15 is 0 Å². The highest BCUT2D eigenvalue weighted by Gasteiger charge is 3.00. The van der Waals surface area contributed by atoms with Crippen molar-refractivity contribution in [3.05, 3.63) is 0 Å². The summed E-state index contributed by atoms with van der Waals surface area (Å²) in [4.78, 5) is 37.6. The zero-order valence-electron chi connectivity index (χ0n) is 12.8. The Morgan fingerprint density at radius 3 is 2.50 bits per heavy atom. The Bertz CT molecular complexity index is 701. The molecule has 6 heteroatoms. The van der Waals surface area contributed by atoms with Gasteiger partial charge in [0.15, 0.2) is 5.78 Å². The number of hydrogen-bond donors (Lipinski definition) is 1. The third kappa shape index (κ3) is 0.748. The first-order valence-electron chi connectivity index (χ1n) is 7.76. The fraction of sp³-hybridized carbons (Fsp3) is 0.812. The zero-order valence-corrected chi connectivity index (χ0v) is 12.8. The van der Waals surface area contributed by atoms with Crippen LogP contribution in [0.1, 0.15) is 40.0 Å². The summed E-state index contributed by atoms with van der Waals surface area (Å²) < 4.78 is 11.8. The highest BCUT2D eigenvalue weighted by Crippen LogP contribution is 2.86. The lowest BCUT2D eigenvalue weighted by Crippen LogP contribution is -2.72. The molecule has 1 N–H and O–H groups in total. The van der Waals surface area contributed by atoms with E-state index in [4.69, 9.17) is 9.47 Å². The molecule has 6 nitrogen and oxygen atoms in total. The molecule has 7 atom stereocenters. The summed E-state index contributed by atoms with van der Waals surface area (Å²) in [5, 5.41) is 10.5. The highest BCUT2D eigenvalue weighted by molar-refractivity contribution is 6.15. The SMILES string of the molecule is C[C@@]12C(=O)CC(=O)[C@]1(C)[C@@H]1O[C@]3(C)[C@@H](O)C[C@]24OC(=O)C[C@]143. The minimum Gasteiger partial charge on any atom is -0.457 e. The average Bonchev–Trinajstić information content (AvgIpc) is 2.92. The molecule has 1 spiro atoms. The van der Waals surface area contributed by atoms with E-state index in [1.54, 1.807) is 20.8 Å². The first-order chi connectivity index (χ1) is 10.1. The maximum absolute atomic E-state index is 12.8. The van der Waals surface area contributed by atoms with Gasteiger partial charge in [-0.1, -0.05) is 0 Å². The molecule has 0 aromatic carbocycles. The van der Waals surface area contributed by atoms with Crippen LogP contribution in [0, 0.1) is 16.2 Å². The van der Waals surface area contributed by atoms with E-state index in [1.165, 1.54) is 0 Å². The Labute approximate surface area is 127 Å². The Morgan fingerprint density at radius 2 is 1.82 bits per heavy atom. The second kappa shape index (κ2) is 2.91. The molecule has 0 amide bonds. The number of ketones is 2. The van der Waals surface area contributed by atoms with Crippen LogP contribution in [-0.4, -0.2) is 46.1 Å². The molecule has 22 heavy (non-hydrogen) atoms. The molecule has 0 radical (unpaired) electrons. The fourth-order valence-electron chi connectivity index (χ4n) is 6.78. The van der Waals surface area contributed by atoms with Crippen molar-refractivity contribution in [1.82, 2.24) is 0 Å². The predicted octanol–water partition coefficient (Wildman–Crippen LogP) is 0.149. The Morgan fingerprint density at radius 1 is 1.14 bits per heavy atom. The molecule has 2 saturated heterocycles. The lowest BCUT2D eigenvalue weighted by atomic mass is 9.59. The van der Waals surface area contributed by atoms with Crippen LogP contribution in [0.3, 0.4) is 0 Å². The number of aliphatic hydroxyl groups excluding tert-OH is 1. The summed E-state index contributed by atoms with van der Waals surface area (Å²) in [5.41, 5.74) is -4.92. The van der Waals surface area contributed by atoms with E-state index in [0.29, 0.717) is 0 Å². The molecule has 3 aliphatic carbocycles. The van der Waals surface area contributed by atoms with Gasteiger partial charge in [0, 0.05) is 6.42 Å². The van der Waals surface area contributed by atoms with Crippen molar-refractivity contribution < 1.29 is 29.0 Å². The van der Waals surface area contributed by atoms with Crippen LogP contribution >= 0.6 is 0 Å². The lowest BCUT2D eigenvalue weighted by molar-refractivity contribution is -0.333. The van der Waals surface area contributed by atoms with Crippen LogP contribution < -0.4 is 0 Å². The van der Waals surface area contributed by atoms with Crippen molar-refractivity contribution in [3.63, 3.8) is 0 Å². The number of fused-ring (bicyclic) bond motifs is 2. The average molecular weight is 306 g/mol. The molecule has 5 rings (SSSR count). The smallest absolute Gasteiger partial charge is 0.307 e. The Balaban J connectivity index is 1.89. The van der Waals surface area contributed by atoms with Gasteiger partial charge in [0.1, 0.15) is 17.0 Å². The number of esters is 1. The minimum atomic E-state index is -1.12. The lowest BCUT2D eigenvalue weighted by Gasteiger charge is -2.59. The van der Waals surface area contributed by atoms with Gasteiger partial charge in [-0.05, 0) is 20.8 Å². The van der Waals surface area contributed by atoms with Crippen molar-refractivity contribution in [1.29, 1.82) is 0 Å². The second-order valence-corrected chi connectivity index (χ2v) is 8.12. The van der Waals surface area contributed by atoms with Crippen molar-refractivity contribution >= 4 is 17.5 Å². The van der Waals surface area contributed by atoms with Crippen LogP contribution in [0.4, 0.5) is 0 Å². The summed E-state index contributed by atoms with van der Waals surface area (Å²) in [7, 11) is 0. The van der Waals surface area contributed by atoms with Crippen molar-refractivity contribution in [2.24, 2.45) is 16.2 Å². The number of hydrogen-bond acceptors (Lipinski definition) is 6. The molecule has 118 valence electrons. The first kappa shape index (κ1) is 13.2. The van der Waals surface area contributed by atoms with Crippen molar-refractivity contribution in [2.75, 3.05) is 0 Å². The number of carbonyl (C=O) groups is 3. The third-order valence-corrected chi connectivity index (χ3v) is 8.07. The summed E-state index contributed by atoms with van der Waals surface area (Å²) in [6.45, 7) is 5.29. The van der Waals surface area contributed by atoms with E-state index in [0.717, 1.165) is 0 Å². The Kier molecular flexibility index (Phi) is 1.75.